The molecule has 8 nitrogen and oxygen atoms in total. The Morgan fingerprint density at radius 3 is 2.07 bits per heavy atom. The van der Waals surface area contributed by atoms with Crippen LogP contribution in [-0.2, 0) is 25.5 Å². The third-order valence-corrected chi connectivity index (χ3v) is 3.82. The van der Waals surface area contributed by atoms with Gasteiger partial charge in [-0.1, -0.05) is 20.8 Å². The predicted octanol–water partition coefficient (Wildman–Crippen LogP) is 2.61. The number of carbonyl (C=O) groups is 3. The van der Waals surface area contributed by atoms with Gasteiger partial charge in [-0.3, -0.25) is 9.78 Å². The molecule has 8 heteroatoms. The number of nitrogens with zero attached hydrogens (tertiary/aromatic N) is 1. The van der Waals surface area contributed by atoms with Gasteiger partial charge in [0.2, 0.25) is 5.91 Å². The number of pyridine rings is 1. The highest BCUT2D eigenvalue weighted by Gasteiger charge is 2.31. The Morgan fingerprint density at radius 2 is 1.59 bits per heavy atom. The molecule has 0 saturated carbocycles. The maximum Gasteiger partial charge on any atom is 0.408 e. The summed E-state index contributed by atoms with van der Waals surface area (Å²) in [5, 5.41) is 5.32. The fraction of sp³-hybridized carbons (Fsp3) is 0.619. The van der Waals surface area contributed by atoms with E-state index in [0.717, 1.165) is 5.56 Å². The standard InChI is InChI=1S/C21H33N3O5/c1-20(2,3)13-16(24-19(27)29-21(4,5)6)17(25)23-15(18(26)28-7)12-14-8-10-22-11-9-14/h8-11,15-16H,12-13H2,1-7H3,(H,23,25)(H,24,27)/t15-,16+/m0/s1. The van der Waals surface area contributed by atoms with E-state index in [9.17, 15) is 14.4 Å². The van der Waals surface area contributed by atoms with Crippen molar-refractivity contribution in [3.05, 3.63) is 30.1 Å². The maximum atomic E-state index is 12.9. The summed E-state index contributed by atoms with van der Waals surface area (Å²) in [6.07, 6.45) is 3.14. The van der Waals surface area contributed by atoms with Crippen LogP contribution in [0.5, 0.6) is 0 Å². The number of alkyl carbamates (subject to hydrolysis) is 1. The zero-order chi connectivity index (χ0) is 22.2. The van der Waals surface area contributed by atoms with E-state index in [1.807, 2.05) is 20.8 Å². The van der Waals surface area contributed by atoms with E-state index in [2.05, 4.69) is 15.6 Å². The summed E-state index contributed by atoms with van der Waals surface area (Å²) in [6.45, 7) is 11.1. The maximum absolute atomic E-state index is 12.9. The lowest BCUT2D eigenvalue weighted by Crippen LogP contribution is -2.54. The second-order valence-corrected chi connectivity index (χ2v) is 9.11. The first kappa shape index (κ1) is 24.4. The van der Waals surface area contributed by atoms with Crippen LogP contribution in [0.1, 0.15) is 53.5 Å². The van der Waals surface area contributed by atoms with Gasteiger partial charge in [-0.05, 0) is 50.3 Å². The summed E-state index contributed by atoms with van der Waals surface area (Å²) in [5.41, 5.74) is -0.116. The van der Waals surface area contributed by atoms with Gasteiger partial charge in [-0.2, -0.15) is 0 Å². The average Bonchev–Trinajstić information content (AvgIpc) is 2.57. The summed E-state index contributed by atoms with van der Waals surface area (Å²) in [7, 11) is 1.26. The number of methoxy groups -OCH3 is 1. The number of hydrogen-bond donors (Lipinski definition) is 2. The molecule has 29 heavy (non-hydrogen) atoms. The molecule has 162 valence electrons. The number of carbonyl (C=O) groups excluding carboxylic acids is 3. The van der Waals surface area contributed by atoms with Gasteiger partial charge >= 0.3 is 12.1 Å². The summed E-state index contributed by atoms with van der Waals surface area (Å²) in [4.78, 5) is 41.3. The number of esters is 1. The van der Waals surface area contributed by atoms with Gasteiger partial charge in [0.1, 0.15) is 17.7 Å². The van der Waals surface area contributed by atoms with E-state index >= 15 is 0 Å². The van der Waals surface area contributed by atoms with E-state index < -0.39 is 35.7 Å². The van der Waals surface area contributed by atoms with Gasteiger partial charge in [-0.15, -0.1) is 0 Å². The molecule has 1 aromatic heterocycles. The Kier molecular flexibility index (Phi) is 8.60. The quantitative estimate of drug-likeness (QED) is 0.673. The van der Waals surface area contributed by atoms with E-state index in [1.54, 1.807) is 45.3 Å². The van der Waals surface area contributed by atoms with Crippen molar-refractivity contribution in [2.45, 2.75) is 72.1 Å². The fourth-order valence-corrected chi connectivity index (χ4v) is 2.63. The number of hydrogen-bond acceptors (Lipinski definition) is 6. The summed E-state index contributed by atoms with van der Waals surface area (Å²) >= 11 is 0. The predicted molar refractivity (Wildman–Crippen MR) is 109 cm³/mol. The Hall–Kier alpha value is -2.64. The smallest absolute Gasteiger partial charge is 0.408 e. The molecule has 0 spiro atoms. The molecule has 0 aliphatic carbocycles. The van der Waals surface area contributed by atoms with E-state index in [0.29, 0.717) is 6.42 Å². The normalized spacial score (nSPS) is 13.8. The number of rotatable bonds is 7. The van der Waals surface area contributed by atoms with Crippen molar-refractivity contribution < 1.29 is 23.9 Å². The van der Waals surface area contributed by atoms with Crippen LogP contribution in [0.2, 0.25) is 0 Å². The van der Waals surface area contributed by atoms with Gasteiger partial charge in [0.05, 0.1) is 7.11 Å². The molecule has 0 aromatic carbocycles. The molecule has 1 heterocycles. The number of amides is 2. The molecule has 2 atom stereocenters. The van der Waals surface area contributed by atoms with Crippen LogP contribution in [0.4, 0.5) is 4.79 Å². The monoisotopic (exact) mass is 407 g/mol. The summed E-state index contributed by atoms with van der Waals surface area (Å²) in [5.74, 6) is -1.04. The molecular weight excluding hydrogens is 374 g/mol. The van der Waals surface area contributed by atoms with Crippen molar-refractivity contribution in [3.63, 3.8) is 0 Å². The fourth-order valence-electron chi connectivity index (χ4n) is 2.63. The lowest BCUT2D eigenvalue weighted by Gasteiger charge is -2.28. The first-order chi connectivity index (χ1) is 13.3. The third kappa shape index (κ3) is 9.91. The Labute approximate surface area is 172 Å². The van der Waals surface area contributed by atoms with Crippen LogP contribution < -0.4 is 10.6 Å². The average molecular weight is 408 g/mol. The van der Waals surface area contributed by atoms with Gasteiger partial charge in [0.25, 0.3) is 0 Å². The minimum absolute atomic E-state index is 0.246. The molecular formula is C21H33N3O5. The van der Waals surface area contributed by atoms with Crippen molar-refractivity contribution >= 4 is 18.0 Å². The van der Waals surface area contributed by atoms with E-state index in [1.165, 1.54) is 7.11 Å². The van der Waals surface area contributed by atoms with Crippen LogP contribution in [0, 0.1) is 5.41 Å². The zero-order valence-corrected chi connectivity index (χ0v) is 18.4. The van der Waals surface area contributed by atoms with Crippen molar-refractivity contribution in [1.82, 2.24) is 15.6 Å². The Morgan fingerprint density at radius 1 is 1.00 bits per heavy atom. The Balaban J connectivity index is 2.95. The van der Waals surface area contributed by atoms with Crippen molar-refractivity contribution in [2.24, 2.45) is 5.41 Å². The molecule has 1 aromatic rings. The minimum atomic E-state index is -0.891. The van der Waals surface area contributed by atoms with Gasteiger partial charge in [0, 0.05) is 18.8 Å². The number of aromatic nitrogens is 1. The Bertz CT molecular complexity index is 693. The topological polar surface area (TPSA) is 107 Å². The largest absolute Gasteiger partial charge is 0.467 e. The molecule has 0 radical (unpaired) electrons. The van der Waals surface area contributed by atoms with Gasteiger partial charge in [-0.25, -0.2) is 9.59 Å². The molecule has 2 amide bonds. The summed E-state index contributed by atoms with van der Waals surface area (Å²) in [6, 6.07) is 1.76. The SMILES string of the molecule is COC(=O)[C@H](Cc1ccncc1)NC(=O)[C@@H](CC(C)(C)C)NC(=O)OC(C)(C)C. The third-order valence-electron chi connectivity index (χ3n) is 3.82. The van der Waals surface area contributed by atoms with Gasteiger partial charge < -0.3 is 20.1 Å². The molecule has 0 bridgehead atoms. The minimum Gasteiger partial charge on any atom is -0.467 e. The van der Waals surface area contributed by atoms with Gasteiger partial charge in [0.15, 0.2) is 0 Å². The molecule has 0 unspecified atom stereocenters. The van der Waals surface area contributed by atoms with Crippen LogP contribution in [0.15, 0.2) is 24.5 Å². The molecule has 1 rings (SSSR count). The van der Waals surface area contributed by atoms with Crippen molar-refractivity contribution in [3.8, 4) is 0 Å². The van der Waals surface area contributed by atoms with Crippen LogP contribution in [0.3, 0.4) is 0 Å². The van der Waals surface area contributed by atoms with Crippen LogP contribution in [-0.4, -0.2) is 47.7 Å². The number of nitrogens with one attached hydrogen (secondary N) is 2. The molecule has 0 aliphatic rings. The highest BCUT2D eigenvalue weighted by atomic mass is 16.6. The lowest BCUT2D eigenvalue weighted by atomic mass is 9.87. The van der Waals surface area contributed by atoms with Crippen molar-refractivity contribution in [2.75, 3.05) is 7.11 Å². The molecule has 2 N–H and O–H groups in total. The first-order valence-corrected chi connectivity index (χ1v) is 9.57. The molecule has 0 aliphatic heterocycles. The highest BCUT2D eigenvalue weighted by molar-refractivity contribution is 5.89. The zero-order valence-electron chi connectivity index (χ0n) is 18.4. The van der Waals surface area contributed by atoms with Crippen LogP contribution in [0.25, 0.3) is 0 Å². The molecule has 0 fully saturated rings. The highest BCUT2D eigenvalue weighted by Crippen LogP contribution is 2.21. The van der Waals surface area contributed by atoms with Crippen LogP contribution >= 0.6 is 0 Å². The van der Waals surface area contributed by atoms with E-state index in [4.69, 9.17) is 9.47 Å². The lowest BCUT2D eigenvalue weighted by molar-refractivity contribution is -0.145. The summed E-state index contributed by atoms with van der Waals surface area (Å²) < 4.78 is 10.1. The number of ether oxygens (including phenoxy) is 2. The second kappa shape index (κ2) is 10.2. The molecule has 0 saturated heterocycles. The second-order valence-electron chi connectivity index (χ2n) is 9.11. The van der Waals surface area contributed by atoms with Crippen molar-refractivity contribution in [1.29, 1.82) is 0 Å². The first-order valence-electron chi connectivity index (χ1n) is 9.57. The van der Waals surface area contributed by atoms with E-state index in [-0.39, 0.29) is 11.8 Å².